The topological polar surface area (TPSA) is 35.3 Å². The zero-order chi connectivity index (χ0) is 10.3. The lowest BCUT2D eigenvalue weighted by Gasteiger charge is -2.01. The smallest absolute Gasteiger partial charge is 0.224 e. The van der Waals surface area contributed by atoms with E-state index in [9.17, 15) is 0 Å². The van der Waals surface area contributed by atoms with E-state index in [1.54, 1.807) is 12.1 Å². The highest BCUT2D eigenvalue weighted by Gasteiger charge is 2.22. The summed E-state index contributed by atoms with van der Waals surface area (Å²) in [5, 5.41) is 0.676. The van der Waals surface area contributed by atoms with Gasteiger partial charge in [-0.15, -0.1) is 0 Å². The Labute approximate surface area is 92.0 Å². The summed E-state index contributed by atoms with van der Waals surface area (Å²) in [4.78, 5) is 4.38. The second kappa shape index (κ2) is 3.51. The normalized spacial score (nSPS) is 21.3. The fraction of sp³-hybridized carbons (Fsp3) is 0.364. The summed E-state index contributed by atoms with van der Waals surface area (Å²) < 4.78 is 11.1. The van der Waals surface area contributed by atoms with Crippen LogP contribution in [0.1, 0.15) is 24.8 Å². The van der Waals surface area contributed by atoms with E-state index in [0.29, 0.717) is 10.9 Å². The molecule has 3 rings (SSSR count). The zero-order valence-corrected chi connectivity index (χ0v) is 8.83. The monoisotopic (exact) mass is 223 g/mol. The number of ether oxygens (including phenoxy) is 1. The van der Waals surface area contributed by atoms with Gasteiger partial charge in [0.1, 0.15) is 11.6 Å². The van der Waals surface area contributed by atoms with Gasteiger partial charge in [-0.1, -0.05) is 11.6 Å². The number of hydrogen-bond acceptors (Lipinski definition) is 3. The fourth-order valence-corrected chi connectivity index (χ4v) is 1.99. The Bertz CT molecular complexity index is 488. The molecular weight excluding hydrogens is 214 g/mol. The van der Waals surface area contributed by atoms with E-state index in [2.05, 4.69) is 4.98 Å². The molecule has 0 bridgehead atoms. The maximum atomic E-state index is 5.87. The Morgan fingerprint density at radius 1 is 1.40 bits per heavy atom. The molecule has 0 aliphatic carbocycles. The van der Waals surface area contributed by atoms with Crippen LogP contribution in [0.5, 0.6) is 0 Å². The van der Waals surface area contributed by atoms with Gasteiger partial charge in [-0.25, -0.2) is 4.98 Å². The number of halogens is 1. The van der Waals surface area contributed by atoms with Crippen molar-refractivity contribution in [2.45, 2.75) is 18.9 Å². The minimum absolute atomic E-state index is 0.0242. The predicted octanol–water partition coefficient (Wildman–Crippen LogP) is 3.33. The van der Waals surface area contributed by atoms with E-state index in [-0.39, 0.29) is 6.10 Å². The van der Waals surface area contributed by atoms with Crippen LogP contribution >= 0.6 is 11.6 Å². The summed E-state index contributed by atoms with van der Waals surface area (Å²) in [6.07, 6.45) is 2.08. The molecule has 3 nitrogen and oxygen atoms in total. The second-order valence-electron chi connectivity index (χ2n) is 3.67. The van der Waals surface area contributed by atoms with Crippen LogP contribution < -0.4 is 0 Å². The van der Waals surface area contributed by atoms with Crippen LogP contribution in [0.15, 0.2) is 22.6 Å². The first-order valence-electron chi connectivity index (χ1n) is 5.00. The molecule has 1 aliphatic rings. The third-order valence-electron chi connectivity index (χ3n) is 2.57. The Balaban J connectivity index is 2.05. The molecule has 1 aromatic carbocycles. The molecule has 2 heterocycles. The van der Waals surface area contributed by atoms with Crippen LogP contribution in [0.2, 0.25) is 5.02 Å². The van der Waals surface area contributed by atoms with Gasteiger partial charge >= 0.3 is 0 Å². The van der Waals surface area contributed by atoms with Crippen molar-refractivity contribution in [2.24, 2.45) is 0 Å². The highest BCUT2D eigenvalue weighted by molar-refractivity contribution is 6.31. The quantitative estimate of drug-likeness (QED) is 0.744. The van der Waals surface area contributed by atoms with Crippen molar-refractivity contribution in [3.63, 3.8) is 0 Å². The third-order valence-corrected chi connectivity index (χ3v) is 2.81. The summed E-state index contributed by atoms with van der Waals surface area (Å²) in [6, 6.07) is 5.44. The Kier molecular flexibility index (Phi) is 2.15. The number of aromatic nitrogens is 1. The van der Waals surface area contributed by atoms with Crippen LogP contribution in [-0.2, 0) is 4.74 Å². The lowest BCUT2D eigenvalue weighted by Crippen LogP contribution is -1.94. The first-order valence-corrected chi connectivity index (χ1v) is 5.38. The van der Waals surface area contributed by atoms with Gasteiger partial charge in [-0.3, -0.25) is 0 Å². The van der Waals surface area contributed by atoms with Gasteiger partial charge in [-0.05, 0) is 31.0 Å². The van der Waals surface area contributed by atoms with E-state index >= 15 is 0 Å². The summed E-state index contributed by atoms with van der Waals surface area (Å²) in [5.74, 6) is 0.671. The molecule has 1 aromatic heterocycles. The first kappa shape index (κ1) is 9.19. The van der Waals surface area contributed by atoms with Gasteiger partial charge in [0.15, 0.2) is 5.58 Å². The van der Waals surface area contributed by atoms with Gasteiger partial charge in [0.2, 0.25) is 5.89 Å². The lowest BCUT2D eigenvalue weighted by molar-refractivity contribution is 0.0907. The number of benzene rings is 1. The number of oxazole rings is 1. The summed E-state index contributed by atoms with van der Waals surface area (Å²) >= 11 is 5.87. The van der Waals surface area contributed by atoms with E-state index in [1.165, 1.54) is 0 Å². The Morgan fingerprint density at radius 2 is 2.33 bits per heavy atom. The molecule has 0 amide bonds. The van der Waals surface area contributed by atoms with E-state index in [1.807, 2.05) is 6.07 Å². The molecule has 1 atom stereocenters. The van der Waals surface area contributed by atoms with Crippen molar-refractivity contribution in [3.05, 3.63) is 29.1 Å². The van der Waals surface area contributed by atoms with Crippen molar-refractivity contribution >= 4 is 22.7 Å². The van der Waals surface area contributed by atoms with E-state index < -0.39 is 0 Å². The highest BCUT2D eigenvalue weighted by Crippen LogP contribution is 2.30. The van der Waals surface area contributed by atoms with Crippen molar-refractivity contribution in [2.75, 3.05) is 6.61 Å². The van der Waals surface area contributed by atoms with Gasteiger partial charge in [0, 0.05) is 11.6 Å². The van der Waals surface area contributed by atoms with Gasteiger partial charge < -0.3 is 9.15 Å². The lowest BCUT2D eigenvalue weighted by atomic mass is 10.2. The molecule has 1 aliphatic heterocycles. The fourth-order valence-electron chi connectivity index (χ4n) is 1.83. The maximum absolute atomic E-state index is 5.87. The second-order valence-corrected chi connectivity index (χ2v) is 4.10. The Hall–Kier alpha value is -1.06. The molecule has 0 unspecified atom stereocenters. The minimum atomic E-state index is 0.0242. The molecule has 2 aromatic rings. The van der Waals surface area contributed by atoms with Gasteiger partial charge in [0.25, 0.3) is 0 Å². The molecule has 0 radical (unpaired) electrons. The molecule has 0 spiro atoms. The number of rotatable bonds is 1. The van der Waals surface area contributed by atoms with Crippen LogP contribution in [0.25, 0.3) is 11.1 Å². The molecule has 78 valence electrons. The van der Waals surface area contributed by atoms with E-state index in [4.69, 9.17) is 20.8 Å². The average molecular weight is 224 g/mol. The molecular formula is C11H10ClNO2. The Morgan fingerprint density at radius 3 is 3.13 bits per heavy atom. The maximum Gasteiger partial charge on any atom is 0.224 e. The summed E-state index contributed by atoms with van der Waals surface area (Å²) in [6.45, 7) is 0.796. The van der Waals surface area contributed by atoms with Crippen LogP contribution in [-0.4, -0.2) is 11.6 Å². The zero-order valence-electron chi connectivity index (χ0n) is 8.07. The SMILES string of the molecule is Clc1ccc2oc([C@H]3CCCO3)nc2c1. The van der Waals surface area contributed by atoms with Crippen LogP contribution in [0.3, 0.4) is 0 Å². The predicted molar refractivity (Wildman–Crippen MR) is 56.9 cm³/mol. The van der Waals surface area contributed by atoms with E-state index in [0.717, 1.165) is 30.5 Å². The minimum Gasteiger partial charge on any atom is -0.438 e. The van der Waals surface area contributed by atoms with Crippen molar-refractivity contribution in [1.29, 1.82) is 0 Å². The molecule has 4 heteroatoms. The average Bonchev–Trinajstić information content (AvgIpc) is 2.84. The van der Waals surface area contributed by atoms with Crippen LogP contribution in [0.4, 0.5) is 0 Å². The van der Waals surface area contributed by atoms with Crippen molar-refractivity contribution in [1.82, 2.24) is 4.98 Å². The molecule has 0 saturated carbocycles. The number of fused-ring (bicyclic) bond motifs is 1. The third kappa shape index (κ3) is 1.62. The first-order chi connectivity index (χ1) is 7.33. The van der Waals surface area contributed by atoms with Gasteiger partial charge in [0.05, 0.1) is 0 Å². The largest absolute Gasteiger partial charge is 0.438 e. The van der Waals surface area contributed by atoms with Crippen molar-refractivity contribution in [3.8, 4) is 0 Å². The molecule has 1 fully saturated rings. The summed E-state index contributed by atoms with van der Waals surface area (Å²) in [5.41, 5.74) is 1.57. The number of nitrogens with zero attached hydrogens (tertiary/aromatic N) is 1. The highest BCUT2D eigenvalue weighted by atomic mass is 35.5. The standard InChI is InChI=1S/C11H10ClNO2/c12-7-3-4-9-8(6-7)13-11(15-9)10-2-1-5-14-10/h3-4,6,10H,1-2,5H2/t10-/m1/s1. The van der Waals surface area contributed by atoms with Crippen LogP contribution in [0, 0.1) is 0 Å². The summed E-state index contributed by atoms with van der Waals surface area (Å²) in [7, 11) is 0. The molecule has 15 heavy (non-hydrogen) atoms. The number of hydrogen-bond donors (Lipinski definition) is 0. The van der Waals surface area contributed by atoms with Gasteiger partial charge in [-0.2, -0.15) is 0 Å². The molecule has 1 saturated heterocycles. The molecule has 0 N–H and O–H groups in total. The van der Waals surface area contributed by atoms with Crippen molar-refractivity contribution < 1.29 is 9.15 Å².